The largest absolute Gasteiger partial charge is 0.341 e. The Bertz CT molecular complexity index is 1050. The summed E-state index contributed by atoms with van der Waals surface area (Å²) in [5, 5.41) is 5.23. The summed E-state index contributed by atoms with van der Waals surface area (Å²) in [6.07, 6.45) is 6.37. The lowest BCUT2D eigenvalue weighted by Gasteiger charge is -2.38. The lowest BCUT2D eigenvalue weighted by atomic mass is 9.90. The van der Waals surface area contributed by atoms with Crippen molar-refractivity contribution >= 4 is 16.6 Å². The maximum Gasteiger partial charge on any atom is 0.152 e. The number of fused-ring (bicyclic) bond motifs is 1. The van der Waals surface area contributed by atoms with E-state index in [1.165, 1.54) is 0 Å². The fraction of sp³-hybridized carbons (Fsp3) is 0.417. The van der Waals surface area contributed by atoms with Gasteiger partial charge in [-0.25, -0.2) is 14.4 Å². The van der Waals surface area contributed by atoms with Crippen molar-refractivity contribution in [2.75, 3.05) is 25.0 Å². The molecule has 1 N–H and O–H groups in total. The number of piperidine rings is 1. The predicted octanol–water partition coefficient (Wildman–Crippen LogP) is 5.02. The van der Waals surface area contributed by atoms with Crippen LogP contribution in [0, 0.1) is 5.92 Å². The van der Waals surface area contributed by atoms with Gasteiger partial charge in [0, 0.05) is 49.5 Å². The van der Waals surface area contributed by atoms with Crippen LogP contribution in [0.4, 0.5) is 10.2 Å². The minimum Gasteiger partial charge on any atom is -0.341 e. The summed E-state index contributed by atoms with van der Waals surface area (Å²) in [7, 11) is 1.98. The molecule has 0 saturated carbocycles. The first kappa shape index (κ1) is 20.5. The van der Waals surface area contributed by atoms with Gasteiger partial charge in [-0.15, -0.1) is 0 Å². The van der Waals surface area contributed by atoms with Gasteiger partial charge in [0.25, 0.3) is 0 Å². The van der Waals surface area contributed by atoms with E-state index in [-0.39, 0.29) is 0 Å². The topological polar surface area (TPSA) is 46.0 Å². The summed E-state index contributed by atoms with van der Waals surface area (Å²) < 4.78 is 17.5. The van der Waals surface area contributed by atoms with E-state index in [9.17, 15) is 0 Å². The van der Waals surface area contributed by atoms with Crippen molar-refractivity contribution < 1.29 is 4.39 Å². The Balaban J connectivity index is 1.49. The maximum atomic E-state index is 15.5. The van der Waals surface area contributed by atoms with Crippen LogP contribution in [0.15, 0.2) is 55.3 Å². The molecule has 0 radical (unpaired) electrons. The third kappa shape index (κ3) is 4.24. The SMILES string of the molecule is C=C(Nc1cc2cc(-c3cncn3C)ccc2cn1)C1(F)CCN(CC(C)C)CC1. The minimum absolute atomic E-state index is 0.404. The first-order chi connectivity index (χ1) is 14.3. The summed E-state index contributed by atoms with van der Waals surface area (Å²) >= 11 is 0. The molecule has 3 heterocycles. The van der Waals surface area contributed by atoms with E-state index in [1.807, 2.05) is 36.1 Å². The number of aromatic nitrogens is 3. The molecule has 0 bridgehead atoms. The number of nitrogens with zero attached hydrogens (tertiary/aromatic N) is 4. The van der Waals surface area contributed by atoms with E-state index in [0.29, 0.717) is 30.3 Å². The first-order valence-corrected chi connectivity index (χ1v) is 10.6. The number of hydrogen-bond donors (Lipinski definition) is 1. The van der Waals surface area contributed by atoms with Gasteiger partial charge >= 0.3 is 0 Å². The monoisotopic (exact) mass is 407 g/mol. The number of benzene rings is 1. The Morgan fingerprint density at radius 3 is 2.63 bits per heavy atom. The fourth-order valence-electron chi connectivity index (χ4n) is 4.18. The molecule has 158 valence electrons. The molecule has 2 aromatic heterocycles. The van der Waals surface area contributed by atoms with Gasteiger partial charge in [0.1, 0.15) is 5.82 Å². The van der Waals surface area contributed by atoms with Gasteiger partial charge in [-0.05, 0) is 36.3 Å². The van der Waals surface area contributed by atoms with Crippen molar-refractivity contribution in [3.05, 3.63) is 55.3 Å². The maximum absolute atomic E-state index is 15.5. The van der Waals surface area contributed by atoms with Crippen molar-refractivity contribution in [1.82, 2.24) is 19.4 Å². The molecule has 0 atom stereocenters. The van der Waals surface area contributed by atoms with Gasteiger partial charge in [0.15, 0.2) is 5.67 Å². The molecule has 5 nitrogen and oxygen atoms in total. The molecule has 6 heteroatoms. The van der Waals surface area contributed by atoms with Crippen LogP contribution in [0.25, 0.3) is 22.0 Å². The Morgan fingerprint density at radius 1 is 1.20 bits per heavy atom. The van der Waals surface area contributed by atoms with Gasteiger partial charge in [-0.2, -0.15) is 0 Å². The minimum atomic E-state index is -1.40. The number of nitrogens with one attached hydrogen (secondary N) is 1. The van der Waals surface area contributed by atoms with Gasteiger partial charge < -0.3 is 14.8 Å². The zero-order valence-corrected chi connectivity index (χ0v) is 18.0. The lowest BCUT2D eigenvalue weighted by molar-refractivity contribution is 0.0825. The number of pyridine rings is 1. The van der Waals surface area contributed by atoms with Crippen LogP contribution in [0.1, 0.15) is 26.7 Å². The van der Waals surface area contributed by atoms with Crippen LogP contribution in [-0.4, -0.2) is 44.7 Å². The lowest BCUT2D eigenvalue weighted by Crippen LogP contribution is -2.45. The average molecular weight is 408 g/mol. The molecule has 0 amide bonds. The Kier molecular flexibility index (Phi) is 5.60. The molecule has 1 fully saturated rings. The highest BCUT2D eigenvalue weighted by Crippen LogP contribution is 2.34. The number of aryl methyl sites for hydroxylation is 1. The van der Waals surface area contributed by atoms with Crippen LogP contribution in [0.5, 0.6) is 0 Å². The van der Waals surface area contributed by atoms with Crippen molar-refractivity contribution in [3.8, 4) is 11.3 Å². The van der Waals surface area contributed by atoms with Gasteiger partial charge in [0.2, 0.25) is 0 Å². The van der Waals surface area contributed by atoms with Crippen molar-refractivity contribution in [2.24, 2.45) is 13.0 Å². The van der Waals surface area contributed by atoms with Crippen LogP contribution in [0.2, 0.25) is 0 Å². The van der Waals surface area contributed by atoms with Crippen molar-refractivity contribution in [1.29, 1.82) is 0 Å². The van der Waals surface area contributed by atoms with E-state index >= 15 is 4.39 Å². The molecular formula is C24H30FN5. The fourth-order valence-corrected chi connectivity index (χ4v) is 4.18. The molecule has 30 heavy (non-hydrogen) atoms. The smallest absolute Gasteiger partial charge is 0.152 e. The number of likely N-dealkylation sites (tertiary alicyclic amines) is 1. The average Bonchev–Trinajstić information content (AvgIpc) is 3.15. The highest BCUT2D eigenvalue weighted by molar-refractivity contribution is 5.88. The molecule has 1 aliphatic rings. The predicted molar refractivity (Wildman–Crippen MR) is 121 cm³/mol. The molecule has 1 saturated heterocycles. The molecule has 1 aromatic carbocycles. The Hall–Kier alpha value is -2.73. The van der Waals surface area contributed by atoms with E-state index in [2.05, 4.69) is 52.7 Å². The quantitative estimate of drug-likeness (QED) is 0.623. The molecule has 0 spiro atoms. The van der Waals surface area contributed by atoms with Crippen LogP contribution in [-0.2, 0) is 7.05 Å². The Morgan fingerprint density at radius 2 is 1.97 bits per heavy atom. The third-order valence-corrected chi connectivity index (χ3v) is 5.93. The number of alkyl halides is 1. The van der Waals surface area contributed by atoms with Crippen molar-refractivity contribution in [2.45, 2.75) is 32.4 Å². The highest BCUT2D eigenvalue weighted by Gasteiger charge is 2.37. The standard InChI is InChI=1S/C24H30FN5/c1-17(2)15-30-9-7-24(25,8-10-30)18(3)28-23-12-21-11-19(5-6-20(21)13-27-23)22-14-26-16-29(22)4/h5-6,11-14,16-17H,3,7-10,15H2,1-2,4H3,(H,27,28). The first-order valence-electron chi connectivity index (χ1n) is 10.6. The second-order valence-corrected chi connectivity index (χ2v) is 8.78. The molecule has 3 aromatic rings. The zero-order valence-electron chi connectivity index (χ0n) is 18.0. The van der Waals surface area contributed by atoms with Crippen molar-refractivity contribution in [3.63, 3.8) is 0 Å². The number of allylic oxidation sites excluding steroid dienone is 1. The second-order valence-electron chi connectivity index (χ2n) is 8.78. The molecule has 0 aliphatic carbocycles. The summed E-state index contributed by atoms with van der Waals surface area (Å²) in [5.41, 5.74) is 1.13. The van der Waals surface area contributed by atoms with Crippen LogP contribution >= 0.6 is 0 Å². The van der Waals surface area contributed by atoms with E-state index in [0.717, 1.165) is 41.7 Å². The normalized spacial score (nSPS) is 16.8. The number of imidazole rings is 1. The molecule has 0 unspecified atom stereocenters. The van der Waals surface area contributed by atoms with E-state index in [4.69, 9.17) is 0 Å². The third-order valence-electron chi connectivity index (χ3n) is 5.93. The number of rotatable bonds is 6. The van der Waals surface area contributed by atoms with E-state index < -0.39 is 5.67 Å². The zero-order chi connectivity index (χ0) is 21.3. The van der Waals surface area contributed by atoms with Gasteiger partial charge in [-0.3, -0.25) is 0 Å². The molecule has 4 rings (SSSR count). The number of hydrogen-bond acceptors (Lipinski definition) is 4. The summed E-state index contributed by atoms with van der Waals surface area (Å²) in [5.74, 6) is 1.22. The van der Waals surface area contributed by atoms with Gasteiger partial charge in [0.05, 0.1) is 18.2 Å². The number of anilines is 1. The van der Waals surface area contributed by atoms with Crippen LogP contribution in [0.3, 0.4) is 0 Å². The Labute approximate surface area is 177 Å². The molecular weight excluding hydrogens is 377 g/mol. The number of halogens is 1. The summed E-state index contributed by atoms with van der Waals surface area (Å²) in [4.78, 5) is 11.0. The van der Waals surface area contributed by atoms with E-state index in [1.54, 1.807) is 6.33 Å². The molecule has 1 aliphatic heterocycles. The van der Waals surface area contributed by atoms with Crippen LogP contribution < -0.4 is 5.32 Å². The highest BCUT2D eigenvalue weighted by atomic mass is 19.1. The summed E-state index contributed by atoms with van der Waals surface area (Å²) in [6, 6.07) is 8.17. The van der Waals surface area contributed by atoms with Gasteiger partial charge in [-0.1, -0.05) is 32.6 Å². The second kappa shape index (κ2) is 8.19. The summed E-state index contributed by atoms with van der Waals surface area (Å²) in [6.45, 7) is 11.0.